The molecule has 0 aromatic rings. The fourth-order valence-electron chi connectivity index (χ4n) is 1.44. The van der Waals surface area contributed by atoms with Crippen LogP contribution in [-0.2, 0) is 14.3 Å². The van der Waals surface area contributed by atoms with Crippen molar-refractivity contribution in [2.75, 3.05) is 6.61 Å². The number of aliphatic hydroxyl groups is 3. The fraction of sp³-hybridized carbons (Fsp3) is 0.900. The smallest absolute Gasteiger partial charge is 0.338 e. The first-order chi connectivity index (χ1) is 7.51. The Hall–Kier alpha value is -0.690. The third-order valence-corrected chi connectivity index (χ3v) is 2.67. The summed E-state index contributed by atoms with van der Waals surface area (Å²) in [6.45, 7) is 3.12. The lowest BCUT2D eigenvalue weighted by molar-refractivity contribution is -0.165. The van der Waals surface area contributed by atoms with Crippen LogP contribution in [0.25, 0.3) is 0 Å². The molecule has 94 valence electrons. The molecular weight excluding hydrogens is 216 g/mol. The van der Waals surface area contributed by atoms with Gasteiger partial charge in [0.2, 0.25) is 0 Å². The predicted molar refractivity (Wildman–Crippen MR) is 53.6 cm³/mol. The van der Waals surface area contributed by atoms with Crippen LogP contribution in [0.15, 0.2) is 0 Å². The van der Waals surface area contributed by atoms with Gasteiger partial charge >= 0.3 is 5.97 Å². The molecule has 16 heavy (non-hydrogen) atoms. The second-order valence-electron chi connectivity index (χ2n) is 3.91. The largest absolute Gasteiger partial charge is 0.461 e. The van der Waals surface area contributed by atoms with Gasteiger partial charge < -0.3 is 24.8 Å². The second-order valence-corrected chi connectivity index (χ2v) is 3.91. The molecule has 1 heterocycles. The van der Waals surface area contributed by atoms with E-state index in [9.17, 15) is 15.0 Å². The van der Waals surface area contributed by atoms with Gasteiger partial charge in [0, 0.05) is 0 Å². The Morgan fingerprint density at radius 3 is 2.50 bits per heavy atom. The van der Waals surface area contributed by atoms with Gasteiger partial charge in [0.1, 0.15) is 18.3 Å². The molecule has 0 radical (unpaired) electrons. The highest BCUT2D eigenvalue weighted by Gasteiger charge is 2.47. The lowest BCUT2D eigenvalue weighted by atomic mass is 10.1. The number of aliphatic hydroxyl groups excluding tert-OH is 3. The van der Waals surface area contributed by atoms with Gasteiger partial charge in [-0.1, -0.05) is 6.92 Å². The van der Waals surface area contributed by atoms with Crippen molar-refractivity contribution in [2.45, 2.75) is 50.8 Å². The first-order valence-electron chi connectivity index (χ1n) is 5.34. The first-order valence-corrected chi connectivity index (χ1v) is 5.34. The van der Waals surface area contributed by atoms with Crippen molar-refractivity contribution in [1.82, 2.24) is 0 Å². The Kier molecular flexibility index (Phi) is 4.67. The van der Waals surface area contributed by atoms with Crippen LogP contribution in [0, 0.1) is 0 Å². The van der Waals surface area contributed by atoms with Crippen LogP contribution in [0.4, 0.5) is 0 Å². The summed E-state index contributed by atoms with van der Waals surface area (Å²) in [4.78, 5) is 11.5. The monoisotopic (exact) mass is 234 g/mol. The van der Waals surface area contributed by atoms with Crippen molar-refractivity contribution in [3.8, 4) is 0 Å². The molecule has 1 aliphatic rings. The minimum atomic E-state index is -1.35. The maximum Gasteiger partial charge on any atom is 0.338 e. The molecule has 6 nitrogen and oxygen atoms in total. The zero-order chi connectivity index (χ0) is 12.3. The van der Waals surface area contributed by atoms with Crippen molar-refractivity contribution in [1.29, 1.82) is 0 Å². The van der Waals surface area contributed by atoms with E-state index in [1.807, 2.05) is 6.92 Å². The van der Waals surface area contributed by atoms with Crippen molar-refractivity contribution in [3.63, 3.8) is 0 Å². The van der Waals surface area contributed by atoms with E-state index in [1.54, 1.807) is 6.92 Å². The number of esters is 1. The number of hydrogen-bond acceptors (Lipinski definition) is 6. The maximum absolute atomic E-state index is 11.5. The highest BCUT2D eigenvalue weighted by Crippen LogP contribution is 2.22. The highest BCUT2D eigenvalue weighted by molar-refractivity contribution is 5.76. The summed E-state index contributed by atoms with van der Waals surface area (Å²) in [6.07, 6.45) is -4.40. The van der Waals surface area contributed by atoms with Crippen LogP contribution >= 0.6 is 0 Å². The summed E-state index contributed by atoms with van der Waals surface area (Å²) in [6, 6.07) is 0. The predicted octanol–water partition coefficient (Wildman–Crippen LogP) is -1.19. The summed E-state index contributed by atoms with van der Waals surface area (Å²) < 4.78 is 10.00. The van der Waals surface area contributed by atoms with Crippen molar-refractivity contribution >= 4 is 5.97 Å². The average molecular weight is 234 g/mol. The molecule has 0 aromatic carbocycles. The molecule has 0 amide bonds. The van der Waals surface area contributed by atoms with Crippen LogP contribution < -0.4 is 0 Å². The van der Waals surface area contributed by atoms with Crippen LogP contribution in [-0.4, -0.2) is 58.4 Å². The molecule has 1 aliphatic heterocycles. The Labute approximate surface area is 93.8 Å². The highest BCUT2D eigenvalue weighted by atomic mass is 16.6. The molecule has 6 heteroatoms. The van der Waals surface area contributed by atoms with Crippen molar-refractivity contribution in [2.24, 2.45) is 0 Å². The third-order valence-electron chi connectivity index (χ3n) is 2.67. The van der Waals surface area contributed by atoms with Crippen molar-refractivity contribution < 1.29 is 29.6 Å². The Morgan fingerprint density at radius 2 is 2.06 bits per heavy atom. The summed E-state index contributed by atoms with van der Waals surface area (Å²) in [7, 11) is 0. The number of carbonyl (C=O) groups excluding carboxylic acids is 1. The fourth-order valence-corrected chi connectivity index (χ4v) is 1.44. The van der Waals surface area contributed by atoms with E-state index < -0.39 is 37.0 Å². The lowest BCUT2D eigenvalue weighted by Gasteiger charge is -2.16. The van der Waals surface area contributed by atoms with E-state index in [4.69, 9.17) is 14.6 Å². The minimum Gasteiger partial charge on any atom is -0.461 e. The van der Waals surface area contributed by atoms with Gasteiger partial charge in [0.15, 0.2) is 6.10 Å². The van der Waals surface area contributed by atoms with Crippen molar-refractivity contribution in [3.05, 3.63) is 0 Å². The van der Waals surface area contributed by atoms with Gasteiger partial charge in [-0.2, -0.15) is 0 Å². The van der Waals surface area contributed by atoms with Gasteiger partial charge in [-0.15, -0.1) is 0 Å². The number of carbonyl (C=O) groups is 1. The molecule has 0 bridgehead atoms. The molecule has 1 rings (SSSR count). The molecule has 3 N–H and O–H groups in total. The Bertz CT molecular complexity index is 243. The molecule has 0 spiro atoms. The first kappa shape index (κ1) is 13.4. The van der Waals surface area contributed by atoms with E-state index >= 15 is 0 Å². The standard InChI is InChI=1S/C10H18O6/c1-3-5(2)15-10(14)9-8(13)7(12)6(4-11)16-9/h5-9,11-13H,3-4H2,1-2H3/t5?,6-,7-,8+,9+/m1/s1. The maximum atomic E-state index is 11.5. The average Bonchev–Trinajstić information content (AvgIpc) is 2.55. The van der Waals surface area contributed by atoms with Crippen LogP contribution in [0.1, 0.15) is 20.3 Å². The molecule has 5 atom stereocenters. The minimum absolute atomic E-state index is 0.270. The topological polar surface area (TPSA) is 96.2 Å². The van der Waals surface area contributed by atoms with Gasteiger partial charge in [-0.05, 0) is 13.3 Å². The zero-order valence-corrected chi connectivity index (χ0v) is 9.37. The number of ether oxygens (including phenoxy) is 2. The van der Waals surface area contributed by atoms with Gasteiger partial charge in [0.25, 0.3) is 0 Å². The Morgan fingerprint density at radius 1 is 1.44 bits per heavy atom. The van der Waals surface area contributed by atoms with Crippen LogP contribution in [0.3, 0.4) is 0 Å². The SMILES string of the molecule is CCC(C)OC(=O)[C@H]1O[C@H](CO)[C@@H](O)[C@@H]1O. The molecule has 0 aromatic heterocycles. The van der Waals surface area contributed by atoms with Gasteiger partial charge in [-0.3, -0.25) is 0 Å². The molecule has 0 aliphatic carbocycles. The second kappa shape index (κ2) is 5.58. The summed E-state index contributed by atoms with van der Waals surface area (Å²) in [5.74, 6) is -0.711. The third kappa shape index (κ3) is 2.70. The van der Waals surface area contributed by atoms with Crippen LogP contribution in [0.2, 0.25) is 0 Å². The summed E-state index contributed by atoms with van der Waals surface area (Å²) in [5, 5.41) is 27.8. The van der Waals surface area contributed by atoms with Gasteiger partial charge in [-0.25, -0.2) is 4.79 Å². The van der Waals surface area contributed by atoms with E-state index in [2.05, 4.69) is 0 Å². The summed E-state index contributed by atoms with van der Waals surface area (Å²) >= 11 is 0. The molecular formula is C10H18O6. The van der Waals surface area contributed by atoms with E-state index in [0.717, 1.165) is 0 Å². The molecule has 1 unspecified atom stereocenters. The molecule has 0 saturated carbocycles. The molecule has 1 saturated heterocycles. The summed E-state index contributed by atoms with van der Waals surface area (Å²) in [5.41, 5.74) is 0. The lowest BCUT2D eigenvalue weighted by Crippen LogP contribution is -2.38. The van der Waals surface area contributed by atoms with Gasteiger partial charge in [0.05, 0.1) is 12.7 Å². The van der Waals surface area contributed by atoms with E-state index in [0.29, 0.717) is 6.42 Å². The quantitative estimate of drug-likeness (QED) is 0.529. The number of hydrogen-bond donors (Lipinski definition) is 3. The zero-order valence-electron chi connectivity index (χ0n) is 9.37. The molecule has 1 fully saturated rings. The van der Waals surface area contributed by atoms with Crippen LogP contribution in [0.5, 0.6) is 0 Å². The van der Waals surface area contributed by atoms with E-state index in [1.165, 1.54) is 0 Å². The van der Waals surface area contributed by atoms with E-state index in [-0.39, 0.29) is 6.10 Å². The normalized spacial score (nSPS) is 36.1. The Balaban J connectivity index is 2.57. The number of rotatable bonds is 4.